The van der Waals surface area contributed by atoms with Crippen molar-refractivity contribution in [2.45, 2.75) is 6.92 Å². The van der Waals surface area contributed by atoms with Crippen LogP contribution in [0.4, 0.5) is 5.69 Å². The predicted molar refractivity (Wildman–Crippen MR) is 123 cm³/mol. The largest absolute Gasteiger partial charge is 0.496 e. The summed E-state index contributed by atoms with van der Waals surface area (Å²) in [5.41, 5.74) is 2.59. The molecule has 0 spiro atoms. The number of hydrogen-bond acceptors (Lipinski definition) is 7. The van der Waals surface area contributed by atoms with Crippen LogP contribution < -0.4 is 15.4 Å². The highest BCUT2D eigenvalue weighted by Gasteiger charge is 2.18. The van der Waals surface area contributed by atoms with Crippen molar-refractivity contribution in [3.05, 3.63) is 53.2 Å². The number of aliphatic carboxylic acids is 1. The number of aromatic amines is 1. The fraction of sp³-hybridized carbons (Fsp3) is 0.304. The Labute approximate surface area is 195 Å². The molecule has 1 heterocycles. The van der Waals surface area contributed by atoms with Crippen LogP contribution in [0.15, 0.2) is 36.4 Å². The van der Waals surface area contributed by atoms with Gasteiger partial charge in [0.05, 0.1) is 38.0 Å². The SMILES string of the molecule is COc1ccc(NC(=O)c2n[nH]c3cccc(C)c23)cc1C(=O)NCCOCCOCC(=O)O. The van der Waals surface area contributed by atoms with Crippen molar-refractivity contribution >= 4 is 34.4 Å². The number of rotatable bonds is 12. The maximum atomic E-state index is 12.8. The molecule has 0 aliphatic heterocycles. The second-order valence-corrected chi connectivity index (χ2v) is 7.25. The number of carboxylic acid groups (broad SMARTS) is 1. The molecule has 3 aromatic rings. The zero-order valence-electron chi connectivity index (χ0n) is 18.8. The number of carbonyl (C=O) groups is 3. The Kier molecular flexibility index (Phi) is 8.54. The second-order valence-electron chi connectivity index (χ2n) is 7.25. The van der Waals surface area contributed by atoms with Crippen LogP contribution in [0.3, 0.4) is 0 Å². The van der Waals surface area contributed by atoms with E-state index in [0.717, 1.165) is 16.5 Å². The molecule has 1 aromatic heterocycles. The third-order valence-corrected chi connectivity index (χ3v) is 4.84. The molecule has 4 N–H and O–H groups in total. The maximum absolute atomic E-state index is 12.8. The number of fused-ring (bicyclic) bond motifs is 1. The highest BCUT2D eigenvalue weighted by molar-refractivity contribution is 6.12. The summed E-state index contributed by atoms with van der Waals surface area (Å²) >= 11 is 0. The molecule has 0 saturated heterocycles. The molecule has 3 rings (SSSR count). The molecule has 0 aliphatic carbocycles. The average molecular weight is 470 g/mol. The number of amides is 2. The monoisotopic (exact) mass is 470 g/mol. The standard InChI is InChI=1S/C23H26N4O7/c1-14-4-3-5-17-20(14)21(27-26-17)23(31)25-15-6-7-18(32-2)16(12-15)22(30)24-8-9-33-10-11-34-13-19(28)29/h3-7,12H,8-11,13H2,1-2H3,(H,24,30)(H,25,31)(H,26,27)(H,28,29). The van der Waals surface area contributed by atoms with E-state index in [1.165, 1.54) is 13.2 Å². The number of hydrogen-bond donors (Lipinski definition) is 4. The van der Waals surface area contributed by atoms with Crippen molar-refractivity contribution < 1.29 is 33.7 Å². The Morgan fingerprint density at radius 3 is 2.62 bits per heavy atom. The summed E-state index contributed by atoms with van der Waals surface area (Å²) in [7, 11) is 1.45. The minimum Gasteiger partial charge on any atom is -0.496 e. The van der Waals surface area contributed by atoms with Crippen LogP contribution >= 0.6 is 0 Å². The summed E-state index contributed by atoms with van der Waals surface area (Å²) in [6.45, 7) is 2.29. The molecule has 180 valence electrons. The topological polar surface area (TPSA) is 152 Å². The van der Waals surface area contributed by atoms with Gasteiger partial charge in [-0.05, 0) is 36.8 Å². The fourth-order valence-corrected chi connectivity index (χ4v) is 3.28. The number of nitrogens with one attached hydrogen (secondary N) is 3. The zero-order valence-corrected chi connectivity index (χ0v) is 18.8. The van der Waals surface area contributed by atoms with Crippen LogP contribution in [-0.4, -0.2) is 73.2 Å². The lowest BCUT2D eigenvalue weighted by Crippen LogP contribution is -2.28. The van der Waals surface area contributed by atoms with Gasteiger partial charge in [-0.25, -0.2) is 4.79 Å². The van der Waals surface area contributed by atoms with Crippen molar-refractivity contribution in [1.82, 2.24) is 15.5 Å². The number of methoxy groups -OCH3 is 1. The highest BCUT2D eigenvalue weighted by atomic mass is 16.5. The van der Waals surface area contributed by atoms with Gasteiger partial charge in [-0.2, -0.15) is 5.10 Å². The number of aromatic nitrogens is 2. The highest BCUT2D eigenvalue weighted by Crippen LogP contribution is 2.25. The number of anilines is 1. The Hall–Kier alpha value is -3.96. The van der Waals surface area contributed by atoms with Crippen molar-refractivity contribution in [2.75, 3.05) is 45.4 Å². The first kappa shape index (κ1) is 24.7. The van der Waals surface area contributed by atoms with Gasteiger partial charge in [0.1, 0.15) is 12.4 Å². The van der Waals surface area contributed by atoms with Gasteiger partial charge < -0.3 is 30.0 Å². The Morgan fingerprint density at radius 2 is 1.85 bits per heavy atom. The number of nitrogens with zero attached hydrogens (tertiary/aromatic N) is 1. The number of carbonyl (C=O) groups excluding carboxylic acids is 2. The first-order chi connectivity index (χ1) is 16.4. The van der Waals surface area contributed by atoms with Gasteiger partial charge >= 0.3 is 5.97 Å². The number of aryl methyl sites for hydroxylation is 1. The van der Waals surface area contributed by atoms with Crippen LogP contribution in [-0.2, 0) is 14.3 Å². The molecule has 11 heteroatoms. The lowest BCUT2D eigenvalue weighted by molar-refractivity contribution is -0.142. The van der Waals surface area contributed by atoms with Crippen molar-refractivity contribution in [1.29, 1.82) is 0 Å². The molecule has 2 aromatic carbocycles. The summed E-state index contributed by atoms with van der Waals surface area (Å²) in [6, 6.07) is 10.4. The maximum Gasteiger partial charge on any atom is 0.329 e. The summed E-state index contributed by atoms with van der Waals surface area (Å²) in [6.07, 6.45) is 0. The van der Waals surface area contributed by atoms with E-state index in [-0.39, 0.29) is 44.2 Å². The van der Waals surface area contributed by atoms with Gasteiger partial charge in [0.15, 0.2) is 5.69 Å². The third kappa shape index (κ3) is 6.30. The lowest BCUT2D eigenvalue weighted by atomic mass is 10.1. The van der Waals surface area contributed by atoms with Gasteiger partial charge in [0.2, 0.25) is 0 Å². The zero-order chi connectivity index (χ0) is 24.5. The molecular weight excluding hydrogens is 444 g/mol. The molecule has 0 atom stereocenters. The van der Waals surface area contributed by atoms with E-state index in [0.29, 0.717) is 11.4 Å². The minimum atomic E-state index is -1.05. The van der Waals surface area contributed by atoms with E-state index in [1.807, 2.05) is 25.1 Å². The first-order valence-corrected chi connectivity index (χ1v) is 10.5. The van der Waals surface area contributed by atoms with Crippen molar-refractivity contribution in [3.63, 3.8) is 0 Å². The lowest BCUT2D eigenvalue weighted by Gasteiger charge is -2.12. The first-order valence-electron chi connectivity index (χ1n) is 10.5. The fourth-order valence-electron chi connectivity index (χ4n) is 3.28. The van der Waals surface area contributed by atoms with Gasteiger partial charge in [-0.1, -0.05) is 12.1 Å². The van der Waals surface area contributed by atoms with Crippen LogP contribution in [0.1, 0.15) is 26.4 Å². The number of carboxylic acids is 1. The van der Waals surface area contributed by atoms with Crippen LogP contribution in [0.2, 0.25) is 0 Å². The van der Waals surface area contributed by atoms with E-state index in [4.69, 9.17) is 19.3 Å². The summed E-state index contributed by atoms with van der Waals surface area (Å²) in [5, 5.41) is 21.7. The van der Waals surface area contributed by atoms with Gasteiger partial charge in [-0.3, -0.25) is 14.7 Å². The van der Waals surface area contributed by atoms with E-state index >= 15 is 0 Å². The third-order valence-electron chi connectivity index (χ3n) is 4.84. The minimum absolute atomic E-state index is 0.140. The van der Waals surface area contributed by atoms with Crippen LogP contribution in [0.5, 0.6) is 5.75 Å². The Balaban J connectivity index is 1.59. The quantitative estimate of drug-likeness (QED) is 0.293. The summed E-state index contributed by atoms with van der Waals surface area (Å²) < 4.78 is 15.4. The van der Waals surface area contributed by atoms with E-state index < -0.39 is 17.8 Å². The molecule has 2 amide bonds. The molecule has 0 saturated carbocycles. The van der Waals surface area contributed by atoms with Gasteiger partial charge in [0, 0.05) is 17.6 Å². The molecule has 0 fully saturated rings. The Morgan fingerprint density at radius 1 is 1.06 bits per heavy atom. The van der Waals surface area contributed by atoms with Gasteiger partial charge in [-0.15, -0.1) is 0 Å². The van der Waals surface area contributed by atoms with E-state index in [1.54, 1.807) is 12.1 Å². The van der Waals surface area contributed by atoms with Crippen LogP contribution in [0.25, 0.3) is 10.9 Å². The van der Waals surface area contributed by atoms with Gasteiger partial charge in [0.25, 0.3) is 11.8 Å². The molecular formula is C23H26N4O7. The van der Waals surface area contributed by atoms with E-state index in [9.17, 15) is 14.4 Å². The molecule has 0 aliphatic rings. The van der Waals surface area contributed by atoms with E-state index in [2.05, 4.69) is 20.8 Å². The molecule has 0 radical (unpaired) electrons. The number of benzene rings is 2. The smallest absolute Gasteiger partial charge is 0.329 e. The normalized spacial score (nSPS) is 10.8. The van der Waals surface area contributed by atoms with Crippen molar-refractivity contribution in [2.24, 2.45) is 0 Å². The molecule has 0 bridgehead atoms. The predicted octanol–water partition coefficient (Wildman–Crippen LogP) is 1.98. The molecule has 11 nitrogen and oxygen atoms in total. The number of ether oxygens (including phenoxy) is 3. The Bertz CT molecular complexity index is 1180. The van der Waals surface area contributed by atoms with Crippen molar-refractivity contribution in [3.8, 4) is 5.75 Å². The summed E-state index contributed by atoms with van der Waals surface area (Å²) in [5.74, 6) is -1.51. The van der Waals surface area contributed by atoms with Crippen LogP contribution in [0, 0.1) is 6.92 Å². The number of H-pyrrole nitrogens is 1. The summed E-state index contributed by atoms with van der Waals surface area (Å²) in [4.78, 5) is 35.9. The molecule has 34 heavy (non-hydrogen) atoms. The average Bonchev–Trinajstić information content (AvgIpc) is 3.26. The second kappa shape index (κ2) is 11.8. The molecule has 0 unspecified atom stereocenters.